The third-order valence-corrected chi connectivity index (χ3v) is 7.52. The van der Waals surface area contributed by atoms with E-state index in [-0.39, 0.29) is 22.8 Å². The summed E-state index contributed by atoms with van der Waals surface area (Å²) in [4.78, 5) is 11.2. The number of alkyl halides is 3. The van der Waals surface area contributed by atoms with Gasteiger partial charge >= 0.3 is 6.18 Å². The van der Waals surface area contributed by atoms with Crippen molar-refractivity contribution in [2.24, 2.45) is 0 Å². The quantitative estimate of drug-likeness (QED) is 0.286. The number of nitrogens with one attached hydrogen (secondary N) is 1. The van der Waals surface area contributed by atoms with Crippen LogP contribution >= 0.6 is 11.3 Å². The number of hydrogen-bond acceptors (Lipinski definition) is 8. The molecule has 0 spiro atoms. The highest BCUT2D eigenvalue weighted by molar-refractivity contribution is 7.92. The Hall–Kier alpha value is -4.18. The second-order valence-electron chi connectivity index (χ2n) is 7.63. The lowest BCUT2D eigenvalue weighted by atomic mass is 10.2. The zero-order valence-corrected chi connectivity index (χ0v) is 20.5. The molecule has 0 fully saturated rings. The van der Waals surface area contributed by atoms with E-state index in [4.69, 9.17) is 4.74 Å². The van der Waals surface area contributed by atoms with Gasteiger partial charge in [-0.1, -0.05) is 11.3 Å². The van der Waals surface area contributed by atoms with Gasteiger partial charge in [-0.15, -0.1) is 0 Å². The first-order valence-corrected chi connectivity index (χ1v) is 12.7. The fraction of sp³-hybridized carbons (Fsp3) is 0.0909. The Morgan fingerprint density at radius 2 is 1.79 bits per heavy atom. The van der Waals surface area contributed by atoms with Crippen molar-refractivity contribution < 1.29 is 35.1 Å². The van der Waals surface area contributed by atoms with E-state index >= 15 is 0 Å². The number of imidazole rings is 1. The summed E-state index contributed by atoms with van der Waals surface area (Å²) in [7, 11) is -3.27. The van der Waals surface area contributed by atoms with E-state index < -0.39 is 38.4 Å². The van der Waals surface area contributed by atoms with Crippen molar-refractivity contribution in [1.29, 1.82) is 0 Å². The van der Waals surface area contributed by atoms with E-state index in [9.17, 15) is 30.4 Å². The fourth-order valence-corrected chi connectivity index (χ4v) is 5.41. The monoisotopic (exact) mass is 568 g/mol. The predicted octanol–water partition coefficient (Wildman–Crippen LogP) is 5.02. The maximum absolute atomic E-state index is 14.1. The lowest BCUT2D eigenvalue weighted by molar-refractivity contribution is -0.141. The van der Waals surface area contributed by atoms with Gasteiger partial charge in [0.25, 0.3) is 10.0 Å². The van der Waals surface area contributed by atoms with Crippen LogP contribution in [0.3, 0.4) is 0 Å². The molecule has 4 heterocycles. The van der Waals surface area contributed by atoms with Crippen LogP contribution in [0.15, 0.2) is 59.9 Å². The zero-order chi connectivity index (χ0) is 27.2. The molecule has 9 nitrogen and oxygen atoms in total. The molecule has 5 aromatic rings. The molecule has 0 radical (unpaired) electrons. The second kappa shape index (κ2) is 9.29. The van der Waals surface area contributed by atoms with Crippen molar-refractivity contribution in [3.05, 3.63) is 72.3 Å². The Morgan fingerprint density at radius 1 is 1.00 bits per heavy atom. The van der Waals surface area contributed by atoms with Gasteiger partial charge in [-0.05, 0) is 30.3 Å². The Morgan fingerprint density at radius 3 is 2.50 bits per heavy atom. The highest BCUT2D eigenvalue weighted by Gasteiger charge is 2.33. The average molecular weight is 569 g/mol. The van der Waals surface area contributed by atoms with Gasteiger partial charge in [0.15, 0.2) is 0 Å². The van der Waals surface area contributed by atoms with E-state index in [0.717, 1.165) is 35.7 Å². The molecule has 0 unspecified atom stereocenters. The number of ether oxygens (including phenoxy) is 1. The fourth-order valence-electron chi connectivity index (χ4n) is 3.45. The van der Waals surface area contributed by atoms with Crippen LogP contribution < -0.4 is 9.46 Å². The van der Waals surface area contributed by atoms with Crippen molar-refractivity contribution in [3.63, 3.8) is 0 Å². The van der Waals surface area contributed by atoms with Crippen LogP contribution in [0.2, 0.25) is 0 Å². The summed E-state index contributed by atoms with van der Waals surface area (Å²) in [5.74, 6) is -2.38. The Balaban J connectivity index is 1.53. The van der Waals surface area contributed by atoms with Gasteiger partial charge in [0, 0.05) is 29.6 Å². The molecule has 0 aliphatic heterocycles. The maximum Gasteiger partial charge on any atom is 0.433 e. The molecule has 5 rings (SSSR count). The minimum Gasteiger partial charge on any atom is -0.480 e. The zero-order valence-electron chi connectivity index (χ0n) is 18.9. The normalized spacial score (nSPS) is 12.2. The van der Waals surface area contributed by atoms with Crippen molar-refractivity contribution in [2.45, 2.75) is 11.1 Å². The molecule has 38 heavy (non-hydrogen) atoms. The second-order valence-corrected chi connectivity index (χ2v) is 10.2. The van der Waals surface area contributed by atoms with Crippen LogP contribution in [-0.2, 0) is 16.2 Å². The number of aromatic nitrogens is 5. The molecule has 0 bridgehead atoms. The largest absolute Gasteiger partial charge is 0.480 e. The average Bonchev–Trinajstić information content (AvgIpc) is 3.44. The number of fused-ring (bicyclic) bond motifs is 1. The Labute approximate surface area is 214 Å². The van der Waals surface area contributed by atoms with E-state index in [2.05, 4.69) is 24.8 Å². The van der Waals surface area contributed by atoms with Gasteiger partial charge in [0.2, 0.25) is 10.8 Å². The SMILES string of the molecule is COc1ncc(-c2nn3c(-c4ccnc(C(F)(F)F)c4)cnc3s2)cc1NS(=O)(=O)c1ccc(F)cc1F. The maximum atomic E-state index is 14.1. The summed E-state index contributed by atoms with van der Waals surface area (Å²) in [5, 5.41) is 4.69. The van der Waals surface area contributed by atoms with E-state index in [0.29, 0.717) is 21.6 Å². The topological polar surface area (TPSA) is 111 Å². The first-order valence-electron chi connectivity index (χ1n) is 10.4. The number of hydrogen-bond donors (Lipinski definition) is 1. The molecule has 0 aliphatic rings. The van der Waals surface area contributed by atoms with Gasteiger partial charge in [0.1, 0.15) is 32.9 Å². The smallest absolute Gasteiger partial charge is 0.433 e. The van der Waals surface area contributed by atoms with Gasteiger partial charge in [0.05, 0.1) is 19.0 Å². The predicted molar refractivity (Wildman–Crippen MR) is 126 cm³/mol. The minimum atomic E-state index is -4.64. The molecule has 0 saturated carbocycles. The standard InChI is InChI=1S/C22H13F5N6O3S2/c1-36-19-15(32-38(34,35)17-3-2-13(23)8-14(17)24)6-12(9-29-19)20-31-33-16(10-30-21(33)37-20)11-4-5-28-18(7-11)22(25,26)27/h2-10,32H,1H3. The highest BCUT2D eigenvalue weighted by atomic mass is 32.2. The van der Waals surface area contributed by atoms with Gasteiger partial charge in [-0.3, -0.25) is 9.71 Å². The molecular formula is C22H13F5N6O3S2. The van der Waals surface area contributed by atoms with Crippen molar-refractivity contribution in [3.8, 4) is 27.7 Å². The van der Waals surface area contributed by atoms with Crippen molar-refractivity contribution in [1.82, 2.24) is 24.6 Å². The van der Waals surface area contributed by atoms with Crippen molar-refractivity contribution >= 4 is 32.0 Å². The van der Waals surface area contributed by atoms with Crippen LogP contribution in [0.25, 0.3) is 26.8 Å². The summed E-state index contributed by atoms with van der Waals surface area (Å²) >= 11 is 1.06. The van der Waals surface area contributed by atoms with Crippen LogP contribution in [0.5, 0.6) is 5.88 Å². The number of pyridine rings is 2. The summed E-state index contributed by atoms with van der Waals surface area (Å²) in [6.45, 7) is 0. The lowest BCUT2D eigenvalue weighted by Gasteiger charge is -2.12. The molecule has 0 amide bonds. The number of rotatable bonds is 6. The van der Waals surface area contributed by atoms with Gasteiger partial charge in [-0.25, -0.2) is 31.7 Å². The summed E-state index contributed by atoms with van der Waals surface area (Å²) in [6.07, 6.45) is -0.911. The molecule has 1 N–H and O–H groups in total. The van der Waals surface area contributed by atoms with E-state index in [1.165, 1.54) is 36.2 Å². The molecule has 4 aromatic heterocycles. The third-order valence-electron chi connectivity index (χ3n) is 5.15. The van der Waals surface area contributed by atoms with Crippen molar-refractivity contribution in [2.75, 3.05) is 11.8 Å². The number of sulfonamides is 1. The van der Waals surface area contributed by atoms with Gasteiger partial charge in [-0.2, -0.15) is 18.3 Å². The molecule has 196 valence electrons. The number of methoxy groups -OCH3 is 1. The molecule has 0 atom stereocenters. The van der Waals surface area contributed by atoms with Crippen LogP contribution in [-0.4, -0.2) is 40.1 Å². The molecular weight excluding hydrogens is 555 g/mol. The molecule has 0 saturated heterocycles. The van der Waals surface area contributed by atoms with E-state index in [1.54, 1.807) is 0 Å². The molecule has 1 aromatic carbocycles. The lowest BCUT2D eigenvalue weighted by Crippen LogP contribution is -2.15. The Kier molecular flexibility index (Phi) is 6.22. The molecule has 0 aliphatic carbocycles. The van der Waals surface area contributed by atoms with Crippen LogP contribution in [0.4, 0.5) is 27.6 Å². The third kappa shape index (κ3) is 4.74. The Bertz CT molecular complexity index is 1790. The number of benzene rings is 1. The number of nitrogens with zero attached hydrogens (tertiary/aromatic N) is 5. The number of halogens is 5. The highest BCUT2D eigenvalue weighted by Crippen LogP contribution is 2.35. The number of anilines is 1. The molecule has 16 heteroatoms. The van der Waals surface area contributed by atoms with E-state index in [1.807, 2.05) is 0 Å². The summed E-state index contributed by atoms with van der Waals surface area (Å²) in [5.41, 5.74) is -0.487. The minimum absolute atomic E-state index is 0.140. The van der Waals surface area contributed by atoms with Gasteiger partial charge < -0.3 is 4.74 Å². The first kappa shape index (κ1) is 25.5. The summed E-state index contributed by atoms with van der Waals surface area (Å²) < 4.78 is 101. The first-order chi connectivity index (χ1) is 18.0. The van der Waals surface area contributed by atoms with Crippen LogP contribution in [0.1, 0.15) is 5.69 Å². The summed E-state index contributed by atoms with van der Waals surface area (Å²) in [6, 6.07) is 5.60. The van der Waals surface area contributed by atoms with Crippen LogP contribution in [0, 0.1) is 11.6 Å².